The Morgan fingerprint density at radius 3 is 2.60 bits per heavy atom. The Balaban J connectivity index is 1.95. The van der Waals surface area contributed by atoms with Gasteiger partial charge in [0.15, 0.2) is 0 Å². The molecular formula is C19H17N4O6P. The number of nitrogens with zero attached hydrogens (tertiary/aromatic N) is 4. The first-order chi connectivity index (χ1) is 14.4. The van der Waals surface area contributed by atoms with Crippen LogP contribution in [0.4, 0.5) is 0 Å². The van der Waals surface area contributed by atoms with E-state index < -0.39 is 20.1 Å². The first-order valence-electron chi connectivity index (χ1n) is 8.74. The van der Waals surface area contributed by atoms with Crippen molar-refractivity contribution in [1.29, 1.82) is 0 Å². The van der Waals surface area contributed by atoms with Crippen molar-refractivity contribution in [2.45, 2.75) is 6.73 Å². The highest BCUT2D eigenvalue weighted by molar-refractivity contribution is 7.46. The second kappa shape index (κ2) is 7.85. The van der Waals surface area contributed by atoms with E-state index in [-0.39, 0.29) is 5.52 Å². The molecule has 2 N–H and O–H groups in total. The molecule has 0 fully saturated rings. The van der Waals surface area contributed by atoms with Gasteiger partial charge in [-0.3, -0.25) is 13.9 Å². The van der Waals surface area contributed by atoms with E-state index in [1.807, 2.05) is 30.3 Å². The van der Waals surface area contributed by atoms with Gasteiger partial charge in [0.1, 0.15) is 24.1 Å². The largest absolute Gasteiger partial charge is 0.481 e. The first kappa shape index (κ1) is 20.0. The number of pyridine rings is 1. The molecule has 0 aliphatic carbocycles. The summed E-state index contributed by atoms with van der Waals surface area (Å²) >= 11 is 0. The van der Waals surface area contributed by atoms with E-state index in [2.05, 4.69) is 14.5 Å². The van der Waals surface area contributed by atoms with Crippen LogP contribution in [0.2, 0.25) is 0 Å². The van der Waals surface area contributed by atoms with E-state index in [1.54, 1.807) is 29.1 Å². The average Bonchev–Trinajstić information content (AvgIpc) is 3.14. The summed E-state index contributed by atoms with van der Waals surface area (Å²) in [6.07, 6.45) is 4.56. The molecule has 4 aromatic rings. The third-order valence-electron chi connectivity index (χ3n) is 4.42. The highest BCUT2D eigenvalue weighted by Gasteiger charge is 2.20. The molecule has 154 valence electrons. The van der Waals surface area contributed by atoms with Gasteiger partial charge in [0, 0.05) is 29.7 Å². The number of methoxy groups -OCH3 is 1. The van der Waals surface area contributed by atoms with Crippen LogP contribution in [0.1, 0.15) is 0 Å². The van der Waals surface area contributed by atoms with Crippen LogP contribution in [0.5, 0.6) is 5.88 Å². The Hall–Kier alpha value is -3.30. The van der Waals surface area contributed by atoms with E-state index in [0.29, 0.717) is 17.0 Å². The van der Waals surface area contributed by atoms with Crippen LogP contribution < -0.4 is 10.3 Å². The lowest BCUT2D eigenvalue weighted by Crippen LogP contribution is -2.23. The van der Waals surface area contributed by atoms with Gasteiger partial charge < -0.3 is 19.1 Å². The number of rotatable bonds is 6. The van der Waals surface area contributed by atoms with Crippen LogP contribution in [0, 0.1) is 0 Å². The predicted molar refractivity (Wildman–Crippen MR) is 108 cm³/mol. The summed E-state index contributed by atoms with van der Waals surface area (Å²) in [6.45, 7) is -0.634. The number of para-hydroxylation sites is 1. The minimum Gasteiger partial charge on any atom is -0.481 e. The SMILES string of the molecule is COc1cc(-c2cn(-c3ccccc3)c3c(=O)n(COP(=O)(O)O)cnc23)ccn1. The van der Waals surface area contributed by atoms with Gasteiger partial charge in [0.25, 0.3) is 5.56 Å². The van der Waals surface area contributed by atoms with Gasteiger partial charge in [-0.2, -0.15) is 0 Å². The molecule has 0 aliphatic rings. The zero-order chi connectivity index (χ0) is 21.3. The van der Waals surface area contributed by atoms with E-state index in [9.17, 15) is 9.36 Å². The summed E-state index contributed by atoms with van der Waals surface area (Å²) < 4.78 is 23.4. The predicted octanol–water partition coefficient (Wildman–Crippen LogP) is 2.32. The number of ether oxygens (including phenoxy) is 1. The minimum atomic E-state index is -4.75. The number of hydrogen-bond donors (Lipinski definition) is 2. The van der Waals surface area contributed by atoms with Gasteiger partial charge in [-0.25, -0.2) is 14.5 Å². The summed E-state index contributed by atoms with van der Waals surface area (Å²) in [5.74, 6) is 0.413. The van der Waals surface area contributed by atoms with Crippen molar-refractivity contribution in [1.82, 2.24) is 19.1 Å². The maximum Gasteiger partial charge on any atom is 0.471 e. The Morgan fingerprint density at radius 2 is 1.90 bits per heavy atom. The van der Waals surface area contributed by atoms with E-state index in [0.717, 1.165) is 15.8 Å². The zero-order valence-corrected chi connectivity index (χ0v) is 16.6. The third-order valence-corrected chi connectivity index (χ3v) is 4.87. The fourth-order valence-electron chi connectivity index (χ4n) is 3.07. The molecule has 0 radical (unpaired) electrons. The number of benzene rings is 1. The Morgan fingerprint density at radius 1 is 1.13 bits per heavy atom. The Labute approximate surface area is 170 Å². The summed E-state index contributed by atoms with van der Waals surface area (Å²) in [7, 11) is -3.24. The maximum absolute atomic E-state index is 13.1. The summed E-state index contributed by atoms with van der Waals surface area (Å²) in [5, 5.41) is 0. The van der Waals surface area contributed by atoms with Gasteiger partial charge in [-0.05, 0) is 23.8 Å². The van der Waals surface area contributed by atoms with Crippen LogP contribution >= 0.6 is 7.82 Å². The Bertz CT molecular complexity index is 1310. The lowest BCUT2D eigenvalue weighted by Gasteiger charge is -2.09. The number of fused-ring (bicyclic) bond motifs is 1. The number of hydrogen-bond acceptors (Lipinski definition) is 6. The standard InChI is InChI=1S/C19H17N4O6P/c1-28-16-9-13(7-8-20-16)15-10-23(14-5-3-2-4-6-14)18-17(15)21-11-22(19(18)24)12-29-30(25,26)27/h2-11H,12H2,1H3,(H2,25,26,27). The topological polar surface area (TPSA) is 129 Å². The van der Waals surface area contributed by atoms with E-state index in [4.69, 9.17) is 14.5 Å². The molecule has 10 nitrogen and oxygen atoms in total. The monoisotopic (exact) mass is 428 g/mol. The molecule has 0 saturated heterocycles. The van der Waals surface area contributed by atoms with Gasteiger partial charge in [0.2, 0.25) is 5.88 Å². The molecule has 11 heteroatoms. The summed E-state index contributed by atoms with van der Waals surface area (Å²) in [6, 6.07) is 12.7. The molecule has 0 bridgehead atoms. The maximum atomic E-state index is 13.1. The van der Waals surface area contributed by atoms with E-state index in [1.165, 1.54) is 13.4 Å². The normalized spacial score (nSPS) is 11.7. The van der Waals surface area contributed by atoms with Gasteiger partial charge in [-0.1, -0.05) is 18.2 Å². The third kappa shape index (κ3) is 3.89. The fraction of sp³-hybridized carbons (Fsp3) is 0.105. The first-order valence-corrected chi connectivity index (χ1v) is 10.3. The smallest absolute Gasteiger partial charge is 0.471 e. The van der Waals surface area contributed by atoms with Crippen LogP contribution in [0.3, 0.4) is 0 Å². The van der Waals surface area contributed by atoms with Gasteiger partial charge in [0.05, 0.1) is 7.11 Å². The van der Waals surface area contributed by atoms with Crippen LogP contribution in [-0.2, 0) is 15.8 Å². The minimum absolute atomic E-state index is 0.240. The summed E-state index contributed by atoms with van der Waals surface area (Å²) in [5.41, 5.74) is 2.30. The molecule has 0 amide bonds. The zero-order valence-electron chi connectivity index (χ0n) is 15.7. The molecule has 0 saturated carbocycles. The van der Waals surface area contributed by atoms with Crippen molar-refractivity contribution in [2.75, 3.05) is 7.11 Å². The quantitative estimate of drug-likeness (QED) is 0.448. The highest BCUT2D eigenvalue weighted by atomic mass is 31.2. The molecule has 0 atom stereocenters. The molecule has 0 spiro atoms. The van der Waals surface area contributed by atoms with Crippen LogP contribution in [-0.4, -0.2) is 36.0 Å². The van der Waals surface area contributed by atoms with Gasteiger partial charge >= 0.3 is 7.82 Å². The molecule has 3 heterocycles. The van der Waals surface area contributed by atoms with Crippen LogP contribution in [0.25, 0.3) is 27.8 Å². The lowest BCUT2D eigenvalue weighted by molar-refractivity contribution is 0.151. The van der Waals surface area contributed by atoms with Gasteiger partial charge in [-0.15, -0.1) is 0 Å². The number of aromatic nitrogens is 4. The number of phosphoric ester groups is 1. The average molecular weight is 428 g/mol. The molecule has 1 aromatic carbocycles. The van der Waals surface area contributed by atoms with Crippen molar-refractivity contribution in [3.8, 4) is 22.7 Å². The molecule has 3 aromatic heterocycles. The van der Waals surface area contributed by atoms with Crippen molar-refractivity contribution in [3.05, 3.63) is 71.5 Å². The lowest BCUT2D eigenvalue weighted by atomic mass is 10.1. The molecule has 0 aliphatic heterocycles. The van der Waals surface area contributed by atoms with Crippen molar-refractivity contribution in [3.63, 3.8) is 0 Å². The fourth-order valence-corrected chi connectivity index (χ4v) is 3.34. The molecule has 0 unspecified atom stereocenters. The van der Waals surface area contributed by atoms with Crippen molar-refractivity contribution >= 4 is 18.9 Å². The number of phosphoric acid groups is 1. The molecular weight excluding hydrogens is 411 g/mol. The van der Waals surface area contributed by atoms with E-state index >= 15 is 0 Å². The Kier molecular flexibility index (Phi) is 5.23. The molecule has 30 heavy (non-hydrogen) atoms. The summed E-state index contributed by atoms with van der Waals surface area (Å²) in [4.78, 5) is 39.5. The van der Waals surface area contributed by atoms with Crippen LogP contribution in [0.15, 0.2) is 66.0 Å². The second-order valence-corrected chi connectivity index (χ2v) is 7.54. The molecule has 4 rings (SSSR count). The second-order valence-electron chi connectivity index (χ2n) is 6.30. The highest BCUT2D eigenvalue weighted by Crippen LogP contribution is 2.36. The van der Waals surface area contributed by atoms with Crippen molar-refractivity contribution in [2.24, 2.45) is 0 Å². The van der Waals surface area contributed by atoms with Crippen molar-refractivity contribution < 1.29 is 23.6 Å².